The molecule has 26 heavy (non-hydrogen) atoms. The van der Waals surface area contributed by atoms with Gasteiger partial charge < -0.3 is 14.8 Å². The maximum absolute atomic E-state index is 5.85. The van der Waals surface area contributed by atoms with Gasteiger partial charge in [0.05, 0.1) is 0 Å². The zero-order valence-electron chi connectivity index (χ0n) is 15.0. The van der Waals surface area contributed by atoms with Crippen LogP contribution in [0.3, 0.4) is 0 Å². The van der Waals surface area contributed by atoms with E-state index in [9.17, 15) is 0 Å². The summed E-state index contributed by atoms with van der Waals surface area (Å²) in [6, 6.07) is 22.2. The molecule has 0 saturated carbocycles. The second kappa shape index (κ2) is 9.59. The number of aromatic nitrogens is 1. The summed E-state index contributed by atoms with van der Waals surface area (Å²) in [6.45, 7) is 4.83. The highest BCUT2D eigenvalue weighted by molar-refractivity contribution is 5.28. The number of ether oxygens (including phenoxy) is 2. The third kappa shape index (κ3) is 5.90. The largest absolute Gasteiger partial charge is 0.489 e. The van der Waals surface area contributed by atoms with Crippen molar-refractivity contribution in [2.24, 2.45) is 0 Å². The van der Waals surface area contributed by atoms with E-state index < -0.39 is 0 Å². The van der Waals surface area contributed by atoms with Crippen LogP contribution in [0.25, 0.3) is 0 Å². The minimum Gasteiger partial charge on any atom is -0.489 e. The van der Waals surface area contributed by atoms with Gasteiger partial charge in [0.25, 0.3) is 0 Å². The van der Waals surface area contributed by atoms with Gasteiger partial charge in [-0.25, -0.2) is 4.98 Å². The Morgan fingerprint density at radius 3 is 2.54 bits per heavy atom. The second-order valence-electron chi connectivity index (χ2n) is 6.11. The van der Waals surface area contributed by atoms with Crippen LogP contribution < -0.4 is 14.8 Å². The van der Waals surface area contributed by atoms with Crippen molar-refractivity contribution in [3.63, 3.8) is 0 Å². The molecule has 1 heterocycles. The average Bonchev–Trinajstić information content (AvgIpc) is 2.68. The van der Waals surface area contributed by atoms with Gasteiger partial charge in [0, 0.05) is 25.4 Å². The van der Waals surface area contributed by atoms with E-state index in [2.05, 4.69) is 53.6 Å². The summed E-state index contributed by atoms with van der Waals surface area (Å²) in [5, 5.41) is 3.36. The summed E-state index contributed by atoms with van der Waals surface area (Å²) in [5.74, 6) is 1.54. The topological polar surface area (TPSA) is 43.4 Å². The van der Waals surface area contributed by atoms with Crippen molar-refractivity contribution in [2.75, 3.05) is 13.2 Å². The van der Waals surface area contributed by atoms with Gasteiger partial charge in [-0.3, -0.25) is 0 Å². The van der Waals surface area contributed by atoms with Gasteiger partial charge in [-0.2, -0.15) is 0 Å². The first-order chi connectivity index (χ1) is 12.8. The van der Waals surface area contributed by atoms with Crippen LogP contribution in [0.15, 0.2) is 72.9 Å². The molecule has 0 aliphatic heterocycles. The smallest absolute Gasteiger partial charge is 0.213 e. The quantitative estimate of drug-likeness (QED) is 0.590. The highest BCUT2D eigenvalue weighted by atomic mass is 16.5. The molecule has 0 spiro atoms. The van der Waals surface area contributed by atoms with Gasteiger partial charge in [-0.15, -0.1) is 0 Å². The third-order valence-corrected chi connectivity index (χ3v) is 3.91. The molecule has 0 aliphatic rings. The number of nitrogens with zero attached hydrogens (tertiary/aromatic N) is 1. The van der Waals surface area contributed by atoms with E-state index in [0.717, 1.165) is 18.8 Å². The molecule has 1 N–H and O–H groups in total. The summed E-state index contributed by atoms with van der Waals surface area (Å²) in [7, 11) is 0. The highest BCUT2D eigenvalue weighted by Crippen LogP contribution is 2.15. The maximum Gasteiger partial charge on any atom is 0.213 e. The minimum atomic E-state index is 0.587. The summed E-state index contributed by atoms with van der Waals surface area (Å²) in [4.78, 5) is 4.12. The van der Waals surface area contributed by atoms with E-state index in [-0.39, 0.29) is 0 Å². The van der Waals surface area contributed by atoms with Crippen LogP contribution >= 0.6 is 0 Å². The number of pyridine rings is 1. The summed E-state index contributed by atoms with van der Waals surface area (Å²) in [5.41, 5.74) is 3.65. The minimum absolute atomic E-state index is 0.587. The molecule has 0 atom stereocenters. The predicted octanol–water partition coefficient (Wildman–Crippen LogP) is 4.14. The Hall–Kier alpha value is -2.85. The Balaban J connectivity index is 1.36. The molecule has 0 radical (unpaired) electrons. The van der Waals surface area contributed by atoms with E-state index >= 15 is 0 Å². The van der Waals surface area contributed by atoms with Crippen LogP contribution in [0.5, 0.6) is 11.6 Å². The predicted molar refractivity (Wildman–Crippen MR) is 103 cm³/mol. The molecule has 0 aliphatic carbocycles. The van der Waals surface area contributed by atoms with Crippen LogP contribution in [0.1, 0.15) is 16.7 Å². The van der Waals surface area contributed by atoms with Crippen molar-refractivity contribution in [3.8, 4) is 11.6 Å². The molecule has 134 valence electrons. The Morgan fingerprint density at radius 1 is 0.885 bits per heavy atom. The van der Waals surface area contributed by atoms with Crippen molar-refractivity contribution < 1.29 is 9.47 Å². The lowest BCUT2D eigenvalue weighted by molar-refractivity contribution is 0.301. The first-order valence-electron chi connectivity index (χ1n) is 8.81. The number of aryl methyl sites for hydroxylation is 1. The lowest BCUT2D eigenvalue weighted by Crippen LogP contribution is -2.20. The summed E-state index contributed by atoms with van der Waals surface area (Å²) >= 11 is 0. The van der Waals surface area contributed by atoms with Gasteiger partial charge in [-0.1, -0.05) is 48.0 Å². The fourth-order valence-electron chi connectivity index (χ4n) is 2.57. The fraction of sp³-hybridized carbons (Fsp3) is 0.227. The molecule has 0 unspecified atom stereocenters. The van der Waals surface area contributed by atoms with Crippen molar-refractivity contribution in [2.45, 2.75) is 20.1 Å². The number of hydrogen-bond donors (Lipinski definition) is 1. The van der Waals surface area contributed by atoms with E-state index in [0.29, 0.717) is 19.1 Å². The molecule has 4 nitrogen and oxygen atoms in total. The van der Waals surface area contributed by atoms with Crippen LogP contribution in [0.2, 0.25) is 0 Å². The second-order valence-corrected chi connectivity index (χ2v) is 6.11. The van der Waals surface area contributed by atoms with Crippen molar-refractivity contribution in [1.29, 1.82) is 0 Å². The van der Waals surface area contributed by atoms with E-state index in [4.69, 9.17) is 9.47 Å². The van der Waals surface area contributed by atoms with Gasteiger partial charge in [0.2, 0.25) is 5.88 Å². The van der Waals surface area contributed by atoms with Crippen molar-refractivity contribution in [1.82, 2.24) is 10.3 Å². The molecular weight excluding hydrogens is 324 g/mol. The average molecular weight is 348 g/mol. The SMILES string of the molecule is Cc1cccc(COc2ccc(CNCCOc3ccccn3)cc2)c1. The molecular formula is C22H24N2O2. The zero-order valence-corrected chi connectivity index (χ0v) is 15.0. The van der Waals surface area contributed by atoms with Crippen LogP contribution in [-0.2, 0) is 13.2 Å². The summed E-state index contributed by atoms with van der Waals surface area (Å²) in [6.07, 6.45) is 1.73. The highest BCUT2D eigenvalue weighted by Gasteiger charge is 1.99. The van der Waals surface area contributed by atoms with E-state index in [1.807, 2.05) is 30.3 Å². The van der Waals surface area contributed by atoms with Crippen molar-refractivity contribution >= 4 is 0 Å². The maximum atomic E-state index is 5.85. The number of rotatable bonds is 9. The first-order valence-corrected chi connectivity index (χ1v) is 8.81. The molecule has 2 aromatic carbocycles. The molecule has 0 fully saturated rings. The summed E-state index contributed by atoms with van der Waals surface area (Å²) < 4.78 is 11.4. The van der Waals surface area contributed by atoms with Crippen LogP contribution in [0, 0.1) is 6.92 Å². The van der Waals surface area contributed by atoms with Crippen LogP contribution in [0.4, 0.5) is 0 Å². The zero-order chi connectivity index (χ0) is 18.0. The lowest BCUT2D eigenvalue weighted by atomic mass is 10.1. The number of nitrogens with one attached hydrogen (secondary N) is 1. The monoisotopic (exact) mass is 348 g/mol. The lowest BCUT2D eigenvalue weighted by Gasteiger charge is -2.09. The van der Waals surface area contributed by atoms with E-state index in [1.165, 1.54) is 16.7 Å². The van der Waals surface area contributed by atoms with Crippen molar-refractivity contribution in [3.05, 3.63) is 89.6 Å². The Labute approximate surface area is 154 Å². The Bertz CT molecular complexity index is 789. The molecule has 3 rings (SSSR count). The third-order valence-electron chi connectivity index (χ3n) is 3.91. The van der Waals surface area contributed by atoms with E-state index in [1.54, 1.807) is 6.20 Å². The molecule has 1 aromatic heterocycles. The Morgan fingerprint density at radius 2 is 1.77 bits per heavy atom. The van der Waals surface area contributed by atoms with Crippen LogP contribution in [-0.4, -0.2) is 18.1 Å². The van der Waals surface area contributed by atoms with Gasteiger partial charge in [0.1, 0.15) is 19.0 Å². The standard InChI is InChI=1S/C22H24N2O2/c1-18-5-4-6-20(15-18)17-26-21-10-8-19(9-11-21)16-23-13-14-25-22-7-2-3-12-24-22/h2-12,15,23H,13-14,16-17H2,1H3. The number of benzene rings is 2. The Kier molecular flexibility index (Phi) is 6.62. The van der Waals surface area contributed by atoms with Gasteiger partial charge in [-0.05, 0) is 36.2 Å². The molecule has 4 heteroatoms. The van der Waals surface area contributed by atoms with Gasteiger partial charge >= 0.3 is 0 Å². The number of hydrogen-bond acceptors (Lipinski definition) is 4. The normalized spacial score (nSPS) is 10.5. The molecule has 0 bridgehead atoms. The molecule has 3 aromatic rings. The molecule has 0 amide bonds. The fourth-order valence-corrected chi connectivity index (χ4v) is 2.57. The van der Waals surface area contributed by atoms with Gasteiger partial charge in [0.15, 0.2) is 0 Å². The first kappa shape index (κ1) is 18.0. The molecule has 0 saturated heterocycles.